The smallest absolute Gasteiger partial charge is 0.189 e. The van der Waals surface area contributed by atoms with E-state index in [1.807, 2.05) is 19.9 Å². The summed E-state index contributed by atoms with van der Waals surface area (Å²) >= 11 is 0. The number of phenols is 3. The molecule has 2 rings (SSSR count). The van der Waals surface area contributed by atoms with Crippen molar-refractivity contribution < 1.29 is 25.2 Å². The van der Waals surface area contributed by atoms with Gasteiger partial charge in [0.15, 0.2) is 5.78 Å². The number of hydrogen-bond donors (Lipinski definition) is 4. The molecule has 1 unspecified atom stereocenters. The summed E-state index contributed by atoms with van der Waals surface area (Å²) in [7, 11) is 0. The van der Waals surface area contributed by atoms with E-state index >= 15 is 0 Å². The number of allylic oxidation sites excluding steroid dienone is 3. The first kappa shape index (κ1) is 23.0. The summed E-state index contributed by atoms with van der Waals surface area (Å²) < 4.78 is 0. The summed E-state index contributed by atoms with van der Waals surface area (Å²) in [5.41, 5.74) is 3.22. The maximum atomic E-state index is 12.6. The van der Waals surface area contributed by atoms with E-state index in [-0.39, 0.29) is 34.8 Å². The van der Waals surface area contributed by atoms with E-state index in [0.717, 1.165) is 16.7 Å². The topological polar surface area (TPSA) is 98.0 Å². The average molecular weight is 408 g/mol. The Morgan fingerprint density at radius 3 is 2.37 bits per heavy atom. The molecule has 5 heteroatoms. The summed E-state index contributed by atoms with van der Waals surface area (Å²) in [4.78, 5) is 12.6. The maximum Gasteiger partial charge on any atom is 0.189 e. The highest BCUT2D eigenvalue weighted by Gasteiger charge is 2.19. The molecule has 0 spiro atoms. The number of aliphatic hydroxyl groups excluding tert-OH is 1. The predicted molar refractivity (Wildman–Crippen MR) is 119 cm³/mol. The van der Waals surface area contributed by atoms with Gasteiger partial charge >= 0.3 is 0 Å². The third-order valence-corrected chi connectivity index (χ3v) is 4.75. The molecule has 0 radical (unpaired) electrons. The number of ketones is 1. The van der Waals surface area contributed by atoms with Crippen LogP contribution in [0, 0.1) is 0 Å². The predicted octanol–water partition coefficient (Wildman–Crippen LogP) is 4.69. The fourth-order valence-corrected chi connectivity index (χ4v) is 2.84. The van der Waals surface area contributed by atoms with E-state index in [4.69, 9.17) is 0 Å². The van der Waals surface area contributed by atoms with Crippen LogP contribution in [0.4, 0.5) is 0 Å². The molecule has 0 saturated heterocycles. The van der Waals surface area contributed by atoms with Crippen molar-refractivity contribution in [2.75, 3.05) is 0 Å². The number of rotatable bonds is 8. The van der Waals surface area contributed by atoms with Crippen molar-refractivity contribution in [1.82, 2.24) is 0 Å². The highest BCUT2D eigenvalue weighted by molar-refractivity contribution is 6.09. The number of aromatic hydroxyl groups is 3. The molecule has 0 amide bonds. The Kier molecular flexibility index (Phi) is 7.61. The first-order valence-corrected chi connectivity index (χ1v) is 9.65. The number of benzene rings is 2. The molecular weight excluding hydrogens is 380 g/mol. The van der Waals surface area contributed by atoms with Crippen LogP contribution in [0.2, 0.25) is 0 Å². The van der Waals surface area contributed by atoms with Gasteiger partial charge in [-0.3, -0.25) is 4.79 Å². The molecule has 30 heavy (non-hydrogen) atoms. The second-order valence-electron chi connectivity index (χ2n) is 7.60. The maximum absolute atomic E-state index is 12.6. The zero-order valence-corrected chi connectivity index (χ0v) is 17.5. The lowest BCUT2D eigenvalue weighted by Crippen LogP contribution is -2.12. The molecule has 1 atom stereocenters. The molecule has 0 saturated carbocycles. The number of carbonyl (C=O) groups excluding carboxylic acids is 1. The monoisotopic (exact) mass is 408 g/mol. The Labute approximate surface area is 177 Å². The van der Waals surface area contributed by atoms with Crippen molar-refractivity contribution in [2.45, 2.75) is 39.7 Å². The molecule has 0 aromatic heterocycles. The van der Waals surface area contributed by atoms with Crippen LogP contribution in [0.25, 0.3) is 6.08 Å². The summed E-state index contributed by atoms with van der Waals surface area (Å²) in [6.45, 7) is 9.25. The van der Waals surface area contributed by atoms with E-state index in [9.17, 15) is 25.2 Å². The van der Waals surface area contributed by atoms with Crippen LogP contribution >= 0.6 is 0 Å². The van der Waals surface area contributed by atoms with Crippen molar-refractivity contribution in [1.29, 1.82) is 0 Å². The fourth-order valence-electron chi connectivity index (χ4n) is 2.84. The van der Waals surface area contributed by atoms with Crippen molar-refractivity contribution in [3.8, 4) is 17.2 Å². The van der Waals surface area contributed by atoms with E-state index in [1.165, 1.54) is 18.2 Å². The van der Waals surface area contributed by atoms with Crippen LogP contribution in [0.3, 0.4) is 0 Å². The third kappa shape index (κ3) is 5.84. The lowest BCUT2D eigenvalue weighted by molar-refractivity contribution is 0.104. The zero-order valence-electron chi connectivity index (χ0n) is 17.5. The largest absolute Gasteiger partial charge is 0.508 e. The second kappa shape index (κ2) is 9.94. The number of aliphatic hydroxyl groups is 1. The summed E-state index contributed by atoms with van der Waals surface area (Å²) in [6.07, 6.45) is 4.51. The molecule has 2 aromatic carbocycles. The molecule has 0 aliphatic heterocycles. The lowest BCUT2D eigenvalue weighted by Gasteiger charge is -2.14. The van der Waals surface area contributed by atoms with Gasteiger partial charge < -0.3 is 20.4 Å². The van der Waals surface area contributed by atoms with E-state index in [0.29, 0.717) is 12.0 Å². The number of carbonyl (C=O) groups is 1. The minimum atomic E-state index is -0.945. The van der Waals surface area contributed by atoms with E-state index < -0.39 is 11.9 Å². The average Bonchev–Trinajstić information content (AvgIpc) is 2.68. The van der Waals surface area contributed by atoms with Gasteiger partial charge in [0.2, 0.25) is 0 Å². The van der Waals surface area contributed by atoms with Crippen molar-refractivity contribution in [3.63, 3.8) is 0 Å². The first-order valence-electron chi connectivity index (χ1n) is 9.65. The van der Waals surface area contributed by atoms with Gasteiger partial charge in [0.05, 0.1) is 11.7 Å². The van der Waals surface area contributed by atoms with Gasteiger partial charge in [0, 0.05) is 12.0 Å². The van der Waals surface area contributed by atoms with Gasteiger partial charge in [-0.1, -0.05) is 35.9 Å². The summed E-state index contributed by atoms with van der Waals surface area (Å²) in [5, 5.41) is 40.5. The normalized spacial score (nSPS) is 12.0. The number of hydrogen-bond acceptors (Lipinski definition) is 5. The minimum Gasteiger partial charge on any atom is -0.508 e. The quantitative estimate of drug-likeness (QED) is 0.289. The Balaban J connectivity index is 2.28. The standard InChI is InChI=1S/C25H28O5/c1-15(2)5-8-18-13-17(6-10-21(18)26)7-11-22(27)19-9-12-23(28)20(25(19)30)14-24(29)16(3)4/h5-7,9-13,24,26,28-30H,3,8,14H2,1-2,4H3. The molecule has 4 N–H and O–H groups in total. The zero-order chi connectivity index (χ0) is 22.4. The van der Waals surface area contributed by atoms with Gasteiger partial charge in [0.25, 0.3) is 0 Å². The van der Waals surface area contributed by atoms with E-state index in [2.05, 4.69) is 6.58 Å². The molecular formula is C25H28O5. The first-order chi connectivity index (χ1) is 14.1. The van der Waals surface area contributed by atoms with Crippen LogP contribution in [0.15, 0.2) is 60.2 Å². The van der Waals surface area contributed by atoms with Gasteiger partial charge in [-0.25, -0.2) is 0 Å². The molecule has 0 fully saturated rings. The Morgan fingerprint density at radius 2 is 1.73 bits per heavy atom. The van der Waals surface area contributed by atoms with E-state index in [1.54, 1.807) is 31.2 Å². The molecule has 0 bridgehead atoms. The summed E-state index contributed by atoms with van der Waals surface area (Å²) in [5.74, 6) is -0.818. The van der Waals surface area contributed by atoms with Crippen LogP contribution < -0.4 is 0 Å². The molecule has 158 valence electrons. The van der Waals surface area contributed by atoms with Crippen LogP contribution in [-0.2, 0) is 12.8 Å². The SMILES string of the molecule is C=C(C)C(O)Cc1c(O)ccc(C(=O)C=Cc2ccc(O)c(CC=C(C)C)c2)c1O. The van der Waals surface area contributed by atoms with Crippen molar-refractivity contribution in [2.24, 2.45) is 0 Å². The third-order valence-electron chi connectivity index (χ3n) is 4.75. The highest BCUT2D eigenvalue weighted by atomic mass is 16.3. The molecule has 0 heterocycles. The van der Waals surface area contributed by atoms with Gasteiger partial charge in [-0.15, -0.1) is 0 Å². The fraction of sp³-hybridized carbons (Fsp3) is 0.240. The Morgan fingerprint density at radius 1 is 1.07 bits per heavy atom. The van der Waals surface area contributed by atoms with Gasteiger partial charge in [0.1, 0.15) is 17.2 Å². The van der Waals surface area contributed by atoms with Gasteiger partial charge in [-0.05, 0) is 68.7 Å². The Hall–Kier alpha value is -3.31. The van der Waals surface area contributed by atoms with Gasteiger partial charge in [-0.2, -0.15) is 0 Å². The van der Waals surface area contributed by atoms with Crippen molar-refractivity contribution in [3.05, 3.63) is 82.5 Å². The van der Waals surface area contributed by atoms with Crippen LogP contribution in [0.1, 0.15) is 47.8 Å². The highest BCUT2D eigenvalue weighted by Crippen LogP contribution is 2.33. The molecule has 2 aromatic rings. The molecule has 0 aliphatic rings. The lowest BCUT2D eigenvalue weighted by atomic mass is 9.97. The van der Waals surface area contributed by atoms with Crippen LogP contribution in [0.5, 0.6) is 17.2 Å². The number of phenolic OH excluding ortho intramolecular Hbond substituents is 3. The molecule has 0 aliphatic carbocycles. The second-order valence-corrected chi connectivity index (χ2v) is 7.60. The van der Waals surface area contributed by atoms with Crippen LogP contribution in [-0.4, -0.2) is 32.3 Å². The minimum absolute atomic E-state index is 0.0245. The summed E-state index contributed by atoms with van der Waals surface area (Å²) in [6, 6.07) is 7.72. The molecule has 5 nitrogen and oxygen atoms in total. The Bertz CT molecular complexity index is 1010. The van der Waals surface area contributed by atoms with Crippen molar-refractivity contribution >= 4 is 11.9 Å².